The number of aryl methyl sites for hydroxylation is 2. The Kier molecular flexibility index (Phi) is 4.22. The molecule has 4 nitrogen and oxygen atoms in total. The van der Waals surface area contributed by atoms with Gasteiger partial charge in [-0.05, 0) is 44.6 Å². The molecule has 0 saturated carbocycles. The molecule has 2 aromatic heterocycles. The van der Waals surface area contributed by atoms with Crippen LogP contribution in [0.3, 0.4) is 0 Å². The summed E-state index contributed by atoms with van der Waals surface area (Å²) in [7, 11) is 0. The van der Waals surface area contributed by atoms with Crippen molar-refractivity contribution >= 4 is 5.65 Å². The Morgan fingerprint density at radius 1 is 1.32 bits per heavy atom. The van der Waals surface area contributed by atoms with Gasteiger partial charge in [-0.3, -0.25) is 0 Å². The summed E-state index contributed by atoms with van der Waals surface area (Å²) in [6.07, 6.45) is 2.07. The van der Waals surface area contributed by atoms with Gasteiger partial charge in [0.1, 0.15) is 5.65 Å². The molecule has 2 aromatic rings. The third-order valence-corrected chi connectivity index (χ3v) is 3.70. The second-order valence-electron chi connectivity index (χ2n) is 5.11. The Hall–Kier alpha value is -1.39. The Balaban J connectivity index is 2.36. The van der Waals surface area contributed by atoms with Crippen LogP contribution in [-0.4, -0.2) is 33.9 Å². The second-order valence-corrected chi connectivity index (χ2v) is 5.11. The van der Waals surface area contributed by atoms with Gasteiger partial charge in [0.15, 0.2) is 0 Å². The lowest BCUT2D eigenvalue weighted by Crippen LogP contribution is -2.32. The molecule has 1 unspecified atom stereocenters. The summed E-state index contributed by atoms with van der Waals surface area (Å²) < 4.78 is 2.12. The molecule has 2 N–H and O–H groups in total. The van der Waals surface area contributed by atoms with E-state index >= 15 is 0 Å². The van der Waals surface area contributed by atoms with Crippen LogP contribution >= 0.6 is 0 Å². The lowest BCUT2D eigenvalue weighted by molar-refractivity contribution is 0.282. The van der Waals surface area contributed by atoms with Crippen molar-refractivity contribution in [3.05, 3.63) is 35.3 Å². The molecule has 0 amide bonds. The van der Waals surface area contributed by atoms with Crippen LogP contribution in [0.4, 0.5) is 0 Å². The molecule has 0 saturated heterocycles. The Labute approximate surface area is 115 Å². The van der Waals surface area contributed by atoms with Crippen molar-refractivity contribution < 1.29 is 0 Å². The van der Waals surface area contributed by atoms with E-state index in [1.807, 2.05) is 6.92 Å². The molecule has 2 rings (SSSR count). The van der Waals surface area contributed by atoms with Crippen molar-refractivity contribution in [3.63, 3.8) is 0 Å². The van der Waals surface area contributed by atoms with E-state index < -0.39 is 0 Å². The molecule has 19 heavy (non-hydrogen) atoms. The molecule has 1 atom stereocenters. The minimum atomic E-state index is -0.00222. The molecule has 0 spiro atoms. The normalized spacial score (nSPS) is 13.4. The molecule has 104 valence electrons. The van der Waals surface area contributed by atoms with Gasteiger partial charge >= 0.3 is 0 Å². The number of nitrogens with two attached hydrogens (primary N) is 1. The highest BCUT2D eigenvalue weighted by atomic mass is 15.1. The first-order valence-electron chi connectivity index (χ1n) is 7.00. The fourth-order valence-corrected chi connectivity index (χ4v) is 2.58. The first-order chi connectivity index (χ1) is 9.06. The number of fused-ring (bicyclic) bond motifs is 1. The number of nitrogens with zero attached hydrogens (tertiary/aromatic N) is 3. The number of rotatable bonds is 5. The highest BCUT2D eigenvalue weighted by molar-refractivity contribution is 5.46. The largest absolute Gasteiger partial charge is 0.322 e. The van der Waals surface area contributed by atoms with Crippen LogP contribution in [-0.2, 0) is 0 Å². The van der Waals surface area contributed by atoms with Crippen molar-refractivity contribution in [3.8, 4) is 0 Å². The summed E-state index contributed by atoms with van der Waals surface area (Å²) >= 11 is 0. The van der Waals surface area contributed by atoms with Crippen LogP contribution in [0.25, 0.3) is 5.65 Å². The molecule has 0 fully saturated rings. The third-order valence-electron chi connectivity index (χ3n) is 3.70. The van der Waals surface area contributed by atoms with E-state index in [0.717, 1.165) is 36.7 Å². The van der Waals surface area contributed by atoms with Crippen molar-refractivity contribution in [1.82, 2.24) is 14.3 Å². The molecule has 0 radical (unpaired) electrons. The van der Waals surface area contributed by atoms with Crippen LogP contribution in [0.1, 0.15) is 36.8 Å². The minimum absolute atomic E-state index is 0.00222. The van der Waals surface area contributed by atoms with Gasteiger partial charge in [-0.25, -0.2) is 4.98 Å². The zero-order valence-corrected chi connectivity index (χ0v) is 12.3. The van der Waals surface area contributed by atoms with Crippen molar-refractivity contribution in [2.24, 2.45) is 5.73 Å². The smallest absolute Gasteiger partial charge is 0.137 e. The predicted molar refractivity (Wildman–Crippen MR) is 79.4 cm³/mol. The minimum Gasteiger partial charge on any atom is -0.322 e. The van der Waals surface area contributed by atoms with Gasteiger partial charge in [0.2, 0.25) is 0 Å². The number of aromatic nitrogens is 2. The van der Waals surface area contributed by atoms with Crippen LogP contribution in [0.2, 0.25) is 0 Å². The monoisotopic (exact) mass is 260 g/mol. The predicted octanol–water partition coefficient (Wildman–Crippen LogP) is 2.29. The summed E-state index contributed by atoms with van der Waals surface area (Å²) in [6, 6.07) is 4.19. The van der Waals surface area contributed by atoms with E-state index in [-0.39, 0.29) is 6.04 Å². The number of imidazole rings is 1. The maximum atomic E-state index is 6.39. The summed E-state index contributed by atoms with van der Waals surface area (Å²) in [5, 5.41) is 0. The van der Waals surface area contributed by atoms with E-state index in [9.17, 15) is 0 Å². The molecule has 0 aliphatic heterocycles. The number of pyridine rings is 1. The molecule has 0 aliphatic rings. The first kappa shape index (κ1) is 14.0. The van der Waals surface area contributed by atoms with E-state index in [4.69, 9.17) is 5.73 Å². The molecule has 4 heteroatoms. The highest BCUT2D eigenvalue weighted by Gasteiger charge is 2.17. The van der Waals surface area contributed by atoms with E-state index in [0.29, 0.717) is 0 Å². The number of hydrogen-bond donors (Lipinski definition) is 1. The van der Waals surface area contributed by atoms with Crippen molar-refractivity contribution in [2.45, 2.75) is 33.7 Å². The van der Waals surface area contributed by atoms with Gasteiger partial charge in [0.25, 0.3) is 0 Å². The maximum absolute atomic E-state index is 6.39. The van der Waals surface area contributed by atoms with Crippen LogP contribution in [0, 0.1) is 13.8 Å². The van der Waals surface area contributed by atoms with Gasteiger partial charge in [-0.1, -0.05) is 13.8 Å². The first-order valence-corrected chi connectivity index (χ1v) is 7.00. The van der Waals surface area contributed by atoms with Gasteiger partial charge in [-0.15, -0.1) is 0 Å². The average molecular weight is 260 g/mol. The van der Waals surface area contributed by atoms with Crippen molar-refractivity contribution in [1.29, 1.82) is 0 Å². The Morgan fingerprint density at radius 3 is 2.63 bits per heavy atom. The van der Waals surface area contributed by atoms with E-state index in [2.05, 4.69) is 53.4 Å². The summed E-state index contributed by atoms with van der Waals surface area (Å²) in [6.45, 7) is 11.4. The maximum Gasteiger partial charge on any atom is 0.137 e. The van der Waals surface area contributed by atoms with Gasteiger partial charge in [0.05, 0.1) is 17.4 Å². The zero-order chi connectivity index (χ0) is 14.0. The van der Waals surface area contributed by atoms with Crippen LogP contribution < -0.4 is 5.73 Å². The van der Waals surface area contributed by atoms with E-state index in [1.54, 1.807) is 0 Å². The van der Waals surface area contributed by atoms with Crippen molar-refractivity contribution in [2.75, 3.05) is 19.6 Å². The molecule has 2 heterocycles. The summed E-state index contributed by atoms with van der Waals surface area (Å²) in [4.78, 5) is 6.96. The fraction of sp³-hybridized carbons (Fsp3) is 0.533. The van der Waals surface area contributed by atoms with Gasteiger partial charge < -0.3 is 15.0 Å². The highest BCUT2D eigenvalue weighted by Crippen LogP contribution is 2.19. The SMILES string of the molecule is CCN(CC)CC(N)c1c(C)nc2cc(C)ccn12. The third kappa shape index (κ3) is 2.80. The van der Waals surface area contributed by atoms with Gasteiger partial charge in [0, 0.05) is 12.7 Å². The van der Waals surface area contributed by atoms with Crippen LogP contribution in [0.5, 0.6) is 0 Å². The summed E-state index contributed by atoms with van der Waals surface area (Å²) in [5.74, 6) is 0. The van der Waals surface area contributed by atoms with E-state index in [1.165, 1.54) is 5.56 Å². The number of likely N-dealkylation sites (N-methyl/N-ethyl adjacent to an activating group) is 1. The average Bonchev–Trinajstić information content (AvgIpc) is 2.70. The van der Waals surface area contributed by atoms with Gasteiger partial charge in [-0.2, -0.15) is 0 Å². The molecule has 0 aromatic carbocycles. The topological polar surface area (TPSA) is 46.6 Å². The Morgan fingerprint density at radius 2 is 2.00 bits per heavy atom. The standard InChI is InChI=1S/C15H24N4/c1-5-18(6-2)10-13(16)15-12(4)17-14-9-11(3)7-8-19(14)15/h7-9,13H,5-6,10,16H2,1-4H3. The quantitative estimate of drug-likeness (QED) is 0.897. The molecular formula is C15H24N4. The molecule has 0 aliphatic carbocycles. The lowest BCUT2D eigenvalue weighted by atomic mass is 10.1. The molecular weight excluding hydrogens is 236 g/mol. The van der Waals surface area contributed by atoms with Crippen LogP contribution in [0.15, 0.2) is 18.3 Å². The fourth-order valence-electron chi connectivity index (χ4n) is 2.58. The molecule has 0 bridgehead atoms. The lowest BCUT2D eigenvalue weighted by Gasteiger charge is -2.22. The Bertz CT molecular complexity index is 555. The summed E-state index contributed by atoms with van der Waals surface area (Å²) in [5.41, 5.74) is 10.8. The zero-order valence-electron chi connectivity index (χ0n) is 12.3. The number of hydrogen-bond acceptors (Lipinski definition) is 3. The second kappa shape index (κ2) is 5.72.